The van der Waals surface area contributed by atoms with Crippen molar-refractivity contribution in [3.05, 3.63) is 101 Å². The van der Waals surface area contributed by atoms with Gasteiger partial charge in [-0.15, -0.1) is 0 Å². The predicted molar refractivity (Wildman–Crippen MR) is 169 cm³/mol. The van der Waals surface area contributed by atoms with Crippen LogP contribution in [-0.2, 0) is 21.4 Å². The fraction of sp³-hybridized carbons (Fsp3) is 0.378. The molecule has 1 N–H and O–H groups in total. The molecule has 5 nitrogen and oxygen atoms in total. The third-order valence-corrected chi connectivity index (χ3v) is 9.48. The summed E-state index contributed by atoms with van der Waals surface area (Å²) in [6.45, 7) is 9.95. The number of carbonyl (C=O) groups is 3. The lowest BCUT2D eigenvalue weighted by Gasteiger charge is -2.39. The normalized spacial score (nSPS) is 24.1. The van der Waals surface area contributed by atoms with Crippen LogP contribution < -0.4 is 10.2 Å². The maximum atomic E-state index is 14.9. The maximum Gasteiger partial charge on any atom is 0.238 e. The van der Waals surface area contributed by atoms with Gasteiger partial charge in [-0.2, -0.15) is 0 Å². The molecule has 0 radical (unpaired) electrons. The molecule has 3 heterocycles. The van der Waals surface area contributed by atoms with E-state index < -0.39 is 28.8 Å². The number of benzene rings is 3. The van der Waals surface area contributed by atoms with Crippen molar-refractivity contribution in [3.8, 4) is 0 Å². The van der Waals surface area contributed by atoms with E-state index in [2.05, 4.69) is 36.2 Å². The number of carbonyl (C=O) groups excluding carboxylic acids is 3. The molecule has 0 bridgehead atoms. The van der Waals surface area contributed by atoms with Crippen LogP contribution in [0, 0.1) is 11.3 Å². The average Bonchev–Trinajstić information content (AvgIpc) is 3.44. The first-order chi connectivity index (χ1) is 20.1. The number of unbranched alkanes of at least 4 members (excludes halogenated alkanes) is 2. The van der Waals surface area contributed by atoms with Crippen LogP contribution in [0.1, 0.15) is 80.9 Å². The SMILES string of the molecule is CCCCCc1ccc(C(=O)[C@H]2[C@H](C(=O)C(C)(C)C)N3c4ccccc4C(C)=C[C@@H]3[C@]23C(=O)Nc2ccccc23)cc1. The number of aryl methyl sites for hydroxylation is 1. The number of rotatable bonds is 7. The Bertz CT molecular complexity index is 1600. The second kappa shape index (κ2) is 10.4. The molecular weight excluding hydrogens is 520 g/mol. The number of fused-ring (bicyclic) bond motifs is 6. The summed E-state index contributed by atoms with van der Waals surface area (Å²) in [5.74, 6) is -1.35. The van der Waals surface area contributed by atoms with Gasteiger partial charge in [-0.05, 0) is 48.6 Å². The summed E-state index contributed by atoms with van der Waals surface area (Å²) >= 11 is 0. The zero-order valence-electron chi connectivity index (χ0n) is 25.2. The zero-order chi connectivity index (χ0) is 29.8. The van der Waals surface area contributed by atoms with Gasteiger partial charge in [-0.1, -0.05) is 107 Å². The van der Waals surface area contributed by atoms with Gasteiger partial charge in [-0.25, -0.2) is 0 Å². The molecule has 0 unspecified atom stereocenters. The molecule has 0 aliphatic carbocycles. The lowest BCUT2D eigenvalue weighted by atomic mass is 9.63. The molecule has 1 spiro atoms. The van der Waals surface area contributed by atoms with Crippen LogP contribution in [0.4, 0.5) is 11.4 Å². The van der Waals surface area contributed by atoms with Gasteiger partial charge in [0.25, 0.3) is 0 Å². The summed E-state index contributed by atoms with van der Waals surface area (Å²) in [4.78, 5) is 46.1. The summed E-state index contributed by atoms with van der Waals surface area (Å²) in [5.41, 5.74) is 4.17. The van der Waals surface area contributed by atoms with E-state index in [-0.39, 0.29) is 17.5 Å². The quantitative estimate of drug-likeness (QED) is 0.242. The van der Waals surface area contributed by atoms with Crippen molar-refractivity contribution in [2.45, 2.75) is 77.8 Å². The number of hydrogen-bond donors (Lipinski definition) is 1. The average molecular weight is 561 g/mol. The van der Waals surface area contributed by atoms with Gasteiger partial charge >= 0.3 is 0 Å². The number of para-hydroxylation sites is 2. The predicted octanol–water partition coefficient (Wildman–Crippen LogP) is 7.40. The van der Waals surface area contributed by atoms with Gasteiger partial charge in [0, 0.05) is 27.9 Å². The molecule has 0 saturated carbocycles. The van der Waals surface area contributed by atoms with Crippen molar-refractivity contribution in [2.75, 3.05) is 10.2 Å². The van der Waals surface area contributed by atoms with E-state index in [0.717, 1.165) is 41.6 Å². The van der Waals surface area contributed by atoms with Gasteiger partial charge in [0.1, 0.15) is 11.5 Å². The Morgan fingerprint density at radius 3 is 2.33 bits per heavy atom. The van der Waals surface area contributed by atoms with E-state index in [0.29, 0.717) is 11.3 Å². The minimum atomic E-state index is -1.27. The van der Waals surface area contributed by atoms with E-state index in [1.807, 2.05) is 87.5 Å². The Morgan fingerprint density at radius 1 is 0.929 bits per heavy atom. The second-order valence-corrected chi connectivity index (χ2v) is 13.1. The van der Waals surface area contributed by atoms with Crippen LogP contribution in [0.25, 0.3) is 5.57 Å². The van der Waals surface area contributed by atoms with Crippen LogP contribution in [0.3, 0.4) is 0 Å². The molecule has 5 heteroatoms. The Labute approximate surface area is 249 Å². The fourth-order valence-corrected chi connectivity index (χ4v) is 7.43. The van der Waals surface area contributed by atoms with Crippen molar-refractivity contribution in [1.29, 1.82) is 0 Å². The van der Waals surface area contributed by atoms with Gasteiger partial charge in [0.05, 0.1) is 12.0 Å². The van der Waals surface area contributed by atoms with E-state index in [1.54, 1.807) is 0 Å². The van der Waals surface area contributed by atoms with E-state index in [9.17, 15) is 14.4 Å². The monoisotopic (exact) mass is 560 g/mol. The van der Waals surface area contributed by atoms with Crippen LogP contribution in [-0.4, -0.2) is 29.6 Å². The molecule has 42 heavy (non-hydrogen) atoms. The van der Waals surface area contributed by atoms with Crippen molar-refractivity contribution in [3.63, 3.8) is 0 Å². The number of Topliss-reactive ketones (excluding diaryl/α,β-unsaturated/α-hetero) is 2. The highest BCUT2D eigenvalue weighted by atomic mass is 16.2. The van der Waals surface area contributed by atoms with Crippen molar-refractivity contribution in [2.24, 2.45) is 11.3 Å². The van der Waals surface area contributed by atoms with Crippen LogP contribution in [0.2, 0.25) is 0 Å². The van der Waals surface area contributed by atoms with Crippen LogP contribution in [0.15, 0.2) is 78.9 Å². The molecular formula is C37H40N2O3. The smallest absolute Gasteiger partial charge is 0.238 e. The van der Waals surface area contributed by atoms with Crippen molar-refractivity contribution >= 4 is 34.4 Å². The van der Waals surface area contributed by atoms with Crippen molar-refractivity contribution in [1.82, 2.24) is 0 Å². The summed E-state index contributed by atoms with van der Waals surface area (Å²) in [7, 11) is 0. The molecule has 3 aliphatic rings. The first-order valence-corrected chi connectivity index (χ1v) is 15.2. The standard InChI is InChI=1S/C37H40N2O3/c1-6-7-8-13-24-18-20-25(21-19-24)33(40)31-32(34(41)36(3,4)5)39-29-17-12-9-14-26(29)23(2)22-30(39)37(31)27-15-10-11-16-28(27)38-35(37)42/h9-12,14-22,30-32H,6-8,13H2,1-5H3,(H,38,42)/t30-,31-,32-,37+/m1/s1. The molecule has 3 aromatic rings. The number of nitrogens with one attached hydrogen (secondary N) is 1. The lowest BCUT2D eigenvalue weighted by Crippen LogP contribution is -2.51. The summed E-state index contributed by atoms with van der Waals surface area (Å²) in [6, 6.07) is 22.2. The highest BCUT2D eigenvalue weighted by Gasteiger charge is 2.71. The van der Waals surface area contributed by atoms with Crippen molar-refractivity contribution < 1.29 is 14.4 Å². The lowest BCUT2D eigenvalue weighted by molar-refractivity contribution is -0.128. The van der Waals surface area contributed by atoms with Gasteiger partial charge in [0.2, 0.25) is 5.91 Å². The topological polar surface area (TPSA) is 66.5 Å². The molecule has 1 saturated heterocycles. The third-order valence-electron chi connectivity index (χ3n) is 9.48. The number of allylic oxidation sites excluding steroid dienone is 1. The van der Waals surface area contributed by atoms with Gasteiger partial charge in [-0.3, -0.25) is 14.4 Å². The van der Waals surface area contributed by atoms with E-state index >= 15 is 0 Å². The minimum Gasteiger partial charge on any atom is -0.352 e. The first kappa shape index (κ1) is 28.1. The largest absolute Gasteiger partial charge is 0.352 e. The second-order valence-electron chi connectivity index (χ2n) is 13.1. The molecule has 4 atom stereocenters. The molecule has 1 fully saturated rings. The Balaban J connectivity index is 1.59. The van der Waals surface area contributed by atoms with Crippen LogP contribution in [0.5, 0.6) is 0 Å². The Morgan fingerprint density at radius 2 is 1.62 bits per heavy atom. The minimum absolute atomic E-state index is 0.0427. The fourth-order valence-electron chi connectivity index (χ4n) is 7.43. The molecule has 216 valence electrons. The summed E-state index contributed by atoms with van der Waals surface area (Å²) in [6.07, 6.45) is 6.50. The molecule has 3 aliphatic heterocycles. The summed E-state index contributed by atoms with van der Waals surface area (Å²) in [5, 5.41) is 3.12. The Kier molecular flexibility index (Phi) is 6.95. The first-order valence-electron chi connectivity index (χ1n) is 15.2. The van der Waals surface area contributed by atoms with E-state index in [4.69, 9.17) is 0 Å². The molecule has 6 rings (SSSR count). The highest BCUT2D eigenvalue weighted by molar-refractivity contribution is 6.17. The number of anilines is 2. The summed E-state index contributed by atoms with van der Waals surface area (Å²) < 4.78 is 0. The number of amides is 1. The molecule has 3 aromatic carbocycles. The number of nitrogens with zero attached hydrogens (tertiary/aromatic N) is 1. The maximum absolute atomic E-state index is 14.9. The van der Waals surface area contributed by atoms with Gasteiger partial charge in [0.15, 0.2) is 11.6 Å². The van der Waals surface area contributed by atoms with Gasteiger partial charge < -0.3 is 10.2 Å². The Hall–Kier alpha value is -3.99. The molecule has 0 aromatic heterocycles. The third kappa shape index (κ3) is 4.16. The zero-order valence-corrected chi connectivity index (χ0v) is 25.2. The van der Waals surface area contributed by atoms with Crippen LogP contribution >= 0.6 is 0 Å². The number of ketones is 2. The highest BCUT2D eigenvalue weighted by Crippen LogP contribution is 2.59. The molecule has 1 amide bonds. The number of hydrogen-bond acceptors (Lipinski definition) is 4. The van der Waals surface area contributed by atoms with E-state index in [1.165, 1.54) is 12.0 Å².